The minimum Gasteiger partial charge on any atom is -0.399 e. The third-order valence-corrected chi connectivity index (χ3v) is 6.22. The van der Waals surface area contributed by atoms with Crippen LogP contribution in [-0.4, -0.2) is 60.6 Å². The summed E-state index contributed by atoms with van der Waals surface area (Å²) in [6.45, 7) is 2.68. The lowest BCUT2D eigenvalue weighted by Gasteiger charge is -2.26. The Morgan fingerprint density at radius 2 is 1.83 bits per heavy atom. The first-order chi connectivity index (χ1) is 17.5. The van der Waals surface area contributed by atoms with Crippen molar-refractivity contribution in [3.05, 3.63) is 66.5 Å². The first-order valence-electron chi connectivity index (χ1n) is 11.7. The standard InChI is InChI=1S/C25H26N10O/c1-33-15-20(14-29-33)35-21(12-19-6-5-17(13-28-19)16-3-2-4-18(26)11-16)30-22-23(27)31-25(32-24(22)35)34-7-9-36-10-8-34/h2-6,11,13-15H,7-10,12,26H2,1H3,(H2,27,31,32). The van der Waals surface area contributed by atoms with Gasteiger partial charge in [0.25, 0.3) is 0 Å². The average molecular weight is 483 g/mol. The molecular weight excluding hydrogens is 456 g/mol. The number of hydrogen-bond acceptors (Lipinski definition) is 9. The molecule has 11 nitrogen and oxygen atoms in total. The van der Waals surface area contributed by atoms with Crippen LogP contribution in [0.4, 0.5) is 17.5 Å². The topological polar surface area (TPSA) is 139 Å². The molecule has 0 aliphatic carbocycles. The van der Waals surface area contributed by atoms with Crippen molar-refractivity contribution in [2.75, 3.05) is 42.7 Å². The van der Waals surface area contributed by atoms with Gasteiger partial charge in [0, 0.05) is 55.9 Å². The molecule has 6 rings (SSSR count). The molecule has 0 unspecified atom stereocenters. The van der Waals surface area contributed by atoms with Gasteiger partial charge in [0.05, 0.1) is 25.1 Å². The molecule has 11 heteroatoms. The van der Waals surface area contributed by atoms with E-state index in [4.69, 9.17) is 31.2 Å². The summed E-state index contributed by atoms with van der Waals surface area (Å²) in [7, 11) is 1.88. The van der Waals surface area contributed by atoms with Crippen molar-refractivity contribution in [2.24, 2.45) is 7.05 Å². The molecule has 0 bridgehead atoms. The molecule has 5 aromatic rings. The highest BCUT2D eigenvalue weighted by Gasteiger charge is 2.22. The van der Waals surface area contributed by atoms with Crippen LogP contribution < -0.4 is 16.4 Å². The second-order valence-corrected chi connectivity index (χ2v) is 8.76. The maximum atomic E-state index is 6.39. The van der Waals surface area contributed by atoms with Gasteiger partial charge in [-0.2, -0.15) is 15.1 Å². The number of fused-ring (bicyclic) bond motifs is 1. The first-order valence-corrected chi connectivity index (χ1v) is 11.7. The van der Waals surface area contributed by atoms with Gasteiger partial charge in [-0.3, -0.25) is 14.2 Å². The third kappa shape index (κ3) is 4.09. The number of nitrogen functional groups attached to an aromatic ring is 2. The van der Waals surface area contributed by atoms with Gasteiger partial charge in [0.2, 0.25) is 5.95 Å². The van der Waals surface area contributed by atoms with Crippen LogP contribution in [0.25, 0.3) is 28.0 Å². The lowest BCUT2D eigenvalue weighted by atomic mass is 10.1. The van der Waals surface area contributed by atoms with E-state index in [9.17, 15) is 0 Å². The van der Waals surface area contributed by atoms with E-state index in [0.717, 1.165) is 34.0 Å². The maximum Gasteiger partial charge on any atom is 0.229 e. The Kier molecular flexibility index (Phi) is 5.45. The molecule has 0 spiro atoms. The molecule has 36 heavy (non-hydrogen) atoms. The Morgan fingerprint density at radius 1 is 0.972 bits per heavy atom. The number of morpholine rings is 1. The van der Waals surface area contributed by atoms with Gasteiger partial charge in [-0.15, -0.1) is 0 Å². The van der Waals surface area contributed by atoms with E-state index >= 15 is 0 Å². The number of benzene rings is 1. The molecule has 182 valence electrons. The summed E-state index contributed by atoms with van der Waals surface area (Å²) in [4.78, 5) is 21.1. The highest BCUT2D eigenvalue weighted by atomic mass is 16.5. The zero-order valence-electron chi connectivity index (χ0n) is 19.9. The molecule has 0 amide bonds. The molecule has 4 aromatic heterocycles. The summed E-state index contributed by atoms with van der Waals surface area (Å²) in [5.41, 5.74) is 18.0. The molecule has 0 atom stereocenters. The van der Waals surface area contributed by atoms with Crippen molar-refractivity contribution < 1.29 is 4.74 Å². The highest BCUT2D eigenvalue weighted by Crippen LogP contribution is 2.27. The molecule has 0 saturated carbocycles. The smallest absolute Gasteiger partial charge is 0.229 e. The number of rotatable bonds is 5. The van der Waals surface area contributed by atoms with Crippen LogP contribution in [0, 0.1) is 0 Å². The van der Waals surface area contributed by atoms with E-state index < -0.39 is 0 Å². The van der Waals surface area contributed by atoms with E-state index in [1.807, 2.05) is 60.4 Å². The van der Waals surface area contributed by atoms with Crippen LogP contribution in [0.2, 0.25) is 0 Å². The Balaban J connectivity index is 1.41. The van der Waals surface area contributed by atoms with Gasteiger partial charge in [0.1, 0.15) is 5.82 Å². The highest BCUT2D eigenvalue weighted by molar-refractivity contribution is 5.85. The monoisotopic (exact) mass is 482 g/mol. The van der Waals surface area contributed by atoms with Crippen molar-refractivity contribution >= 4 is 28.6 Å². The van der Waals surface area contributed by atoms with Crippen LogP contribution in [0.1, 0.15) is 11.5 Å². The summed E-state index contributed by atoms with van der Waals surface area (Å²) in [6, 6.07) is 11.8. The molecule has 1 fully saturated rings. The van der Waals surface area contributed by atoms with Crippen molar-refractivity contribution in [3.63, 3.8) is 0 Å². The summed E-state index contributed by atoms with van der Waals surface area (Å²) in [5.74, 6) is 1.67. The Morgan fingerprint density at radius 3 is 2.56 bits per heavy atom. The third-order valence-electron chi connectivity index (χ3n) is 6.22. The van der Waals surface area contributed by atoms with Gasteiger partial charge in [-0.25, -0.2) is 4.98 Å². The molecule has 0 radical (unpaired) electrons. The predicted octanol–water partition coefficient (Wildman–Crippen LogP) is 2.20. The van der Waals surface area contributed by atoms with E-state index in [-0.39, 0.29) is 0 Å². The fourth-order valence-electron chi connectivity index (χ4n) is 4.41. The molecule has 1 aromatic carbocycles. The van der Waals surface area contributed by atoms with Gasteiger partial charge in [-0.05, 0) is 23.8 Å². The number of ether oxygens (including phenoxy) is 1. The van der Waals surface area contributed by atoms with Crippen molar-refractivity contribution in [2.45, 2.75) is 6.42 Å². The van der Waals surface area contributed by atoms with Gasteiger partial charge >= 0.3 is 0 Å². The fraction of sp³-hybridized carbons (Fsp3) is 0.240. The lowest BCUT2D eigenvalue weighted by Crippen LogP contribution is -2.37. The van der Waals surface area contributed by atoms with Crippen LogP contribution >= 0.6 is 0 Å². The number of aromatic nitrogens is 7. The molecule has 1 aliphatic rings. The Hall–Kier alpha value is -4.51. The first kappa shape index (κ1) is 22.0. The SMILES string of the molecule is Cn1cc(-n2c(Cc3ccc(-c4cccc(N)c4)cn3)nc3c(N)nc(N4CCOCC4)nc32)cn1. The zero-order valence-corrected chi connectivity index (χ0v) is 19.9. The zero-order chi connectivity index (χ0) is 24.6. The summed E-state index contributed by atoms with van der Waals surface area (Å²) in [6.07, 6.45) is 6.04. The summed E-state index contributed by atoms with van der Waals surface area (Å²) in [5, 5.41) is 4.36. The van der Waals surface area contributed by atoms with Crippen molar-refractivity contribution in [1.82, 2.24) is 34.3 Å². The Labute approximate surface area is 207 Å². The fourth-order valence-corrected chi connectivity index (χ4v) is 4.41. The van der Waals surface area contributed by atoms with E-state index in [1.165, 1.54) is 0 Å². The van der Waals surface area contributed by atoms with Crippen LogP contribution in [0.5, 0.6) is 0 Å². The van der Waals surface area contributed by atoms with E-state index in [2.05, 4.69) is 15.0 Å². The predicted molar refractivity (Wildman–Crippen MR) is 138 cm³/mol. The summed E-state index contributed by atoms with van der Waals surface area (Å²) >= 11 is 0. The minimum atomic E-state index is 0.343. The number of aryl methyl sites for hydroxylation is 1. The quantitative estimate of drug-likeness (QED) is 0.361. The average Bonchev–Trinajstić information content (AvgIpc) is 3.48. The molecular formula is C25H26N10O. The number of anilines is 3. The van der Waals surface area contributed by atoms with Crippen molar-refractivity contribution in [3.8, 4) is 16.8 Å². The van der Waals surface area contributed by atoms with Gasteiger partial charge < -0.3 is 21.1 Å². The van der Waals surface area contributed by atoms with Crippen molar-refractivity contribution in [1.29, 1.82) is 0 Å². The number of nitrogens with two attached hydrogens (primary N) is 2. The Bertz CT molecular complexity index is 1530. The second kappa shape index (κ2) is 8.93. The maximum absolute atomic E-state index is 6.39. The van der Waals surface area contributed by atoms with Crippen LogP contribution in [0.3, 0.4) is 0 Å². The number of imidazole rings is 1. The number of nitrogens with zero attached hydrogens (tertiary/aromatic N) is 8. The largest absolute Gasteiger partial charge is 0.399 e. The normalized spacial score (nSPS) is 14.0. The second-order valence-electron chi connectivity index (χ2n) is 8.76. The molecule has 1 aliphatic heterocycles. The van der Waals surface area contributed by atoms with E-state index in [1.54, 1.807) is 10.9 Å². The molecule has 1 saturated heterocycles. The number of pyridine rings is 1. The molecule has 4 N–H and O–H groups in total. The molecule has 5 heterocycles. The van der Waals surface area contributed by atoms with Gasteiger partial charge in [0.15, 0.2) is 17.0 Å². The van der Waals surface area contributed by atoms with Crippen LogP contribution in [-0.2, 0) is 18.2 Å². The number of hydrogen-bond donors (Lipinski definition) is 2. The van der Waals surface area contributed by atoms with E-state index in [0.29, 0.717) is 55.7 Å². The lowest BCUT2D eigenvalue weighted by molar-refractivity contribution is 0.122. The van der Waals surface area contributed by atoms with Crippen LogP contribution in [0.15, 0.2) is 55.0 Å². The minimum absolute atomic E-state index is 0.343. The van der Waals surface area contributed by atoms with Gasteiger partial charge in [-0.1, -0.05) is 18.2 Å². The summed E-state index contributed by atoms with van der Waals surface area (Å²) < 4.78 is 9.21.